The summed E-state index contributed by atoms with van der Waals surface area (Å²) in [6.45, 7) is 6.26. The Hall–Kier alpha value is -1.08. The standard InChI is InChI=1S/C16H24O/c1-3-4-12-16(17)13-8-9-14(2)15-10-6-5-7-11-15/h5-7,10-11,16-17H,2-4,8-9,12-13H2,1H3. The van der Waals surface area contributed by atoms with Crippen molar-refractivity contribution in [2.24, 2.45) is 0 Å². The van der Waals surface area contributed by atoms with Crippen LogP contribution in [0.25, 0.3) is 5.57 Å². The molecular formula is C16H24O. The van der Waals surface area contributed by atoms with Crippen molar-refractivity contribution in [3.8, 4) is 0 Å². The minimum Gasteiger partial charge on any atom is -0.393 e. The fourth-order valence-electron chi connectivity index (χ4n) is 1.95. The first-order valence-corrected chi connectivity index (χ1v) is 6.65. The van der Waals surface area contributed by atoms with Gasteiger partial charge in [-0.25, -0.2) is 0 Å². The molecule has 0 bridgehead atoms. The van der Waals surface area contributed by atoms with Crippen LogP contribution >= 0.6 is 0 Å². The fourth-order valence-corrected chi connectivity index (χ4v) is 1.95. The molecule has 0 amide bonds. The van der Waals surface area contributed by atoms with Gasteiger partial charge in [-0.3, -0.25) is 0 Å². The highest BCUT2D eigenvalue weighted by Gasteiger charge is 2.04. The van der Waals surface area contributed by atoms with Crippen LogP contribution in [0.1, 0.15) is 51.0 Å². The Kier molecular flexibility index (Phi) is 6.64. The van der Waals surface area contributed by atoms with Crippen LogP contribution in [0.3, 0.4) is 0 Å². The maximum atomic E-state index is 9.73. The third-order valence-electron chi connectivity index (χ3n) is 3.09. The molecule has 0 aliphatic rings. The molecule has 1 atom stereocenters. The summed E-state index contributed by atoms with van der Waals surface area (Å²) in [5.74, 6) is 0. The molecule has 1 heteroatoms. The van der Waals surface area contributed by atoms with Gasteiger partial charge in [-0.1, -0.05) is 56.7 Å². The van der Waals surface area contributed by atoms with Gasteiger partial charge in [0.1, 0.15) is 0 Å². The Morgan fingerprint density at radius 1 is 1.18 bits per heavy atom. The van der Waals surface area contributed by atoms with Crippen molar-refractivity contribution < 1.29 is 5.11 Å². The molecule has 0 aliphatic heterocycles. The molecule has 1 aromatic carbocycles. The fraction of sp³-hybridized carbons (Fsp3) is 0.500. The van der Waals surface area contributed by atoms with Gasteiger partial charge in [0.25, 0.3) is 0 Å². The minimum atomic E-state index is -0.126. The summed E-state index contributed by atoms with van der Waals surface area (Å²) < 4.78 is 0. The summed E-state index contributed by atoms with van der Waals surface area (Å²) in [6, 6.07) is 10.3. The average Bonchev–Trinajstić information content (AvgIpc) is 2.37. The van der Waals surface area contributed by atoms with Crippen LogP contribution in [0.2, 0.25) is 0 Å². The third-order valence-corrected chi connectivity index (χ3v) is 3.09. The quantitative estimate of drug-likeness (QED) is 0.703. The van der Waals surface area contributed by atoms with Crippen LogP contribution < -0.4 is 0 Å². The number of aliphatic hydroxyl groups excluding tert-OH is 1. The molecule has 1 aromatic rings. The van der Waals surface area contributed by atoms with Gasteiger partial charge >= 0.3 is 0 Å². The normalized spacial score (nSPS) is 12.4. The number of aliphatic hydroxyl groups is 1. The summed E-state index contributed by atoms with van der Waals surface area (Å²) >= 11 is 0. The maximum absolute atomic E-state index is 9.73. The number of benzene rings is 1. The molecule has 1 nitrogen and oxygen atoms in total. The van der Waals surface area contributed by atoms with E-state index < -0.39 is 0 Å². The zero-order valence-electron chi connectivity index (χ0n) is 10.9. The predicted molar refractivity (Wildman–Crippen MR) is 74.9 cm³/mol. The van der Waals surface area contributed by atoms with Crippen molar-refractivity contribution in [3.63, 3.8) is 0 Å². The first-order valence-electron chi connectivity index (χ1n) is 6.65. The van der Waals surface area contributed by atoms with Crippen molar-refractivity contribution in [3.05, 3.63) is 42.5 Å². The lowest BCUT2D eigenvalue weighted by Gasteiger charge is -2.10. The van der Waals surface area contributed by atoms with Crippen LogP contribution in [0, 0.1) is 0 Å². The highest BCUT2D eigenvalue weighted by molar-refractivity contribution is 5.62. The first-order chi connectivity index (χ1) is 8.24. The SMILES string of the molecule is C=C(CCCC(O)CCCC)c1ccccc1. The smallest absolute Gasteiger partial charge is 0.0540 e. The van der Waals surface area contributed by atoms with Crippen LogP contribution in [-0.2, 0) is 0 Å². The molecule has 0 radical (unpaired) electrons. The molecule has 0 aromatic heterocycles. The Labute approximate surface area is 105 Å². The van der Waals surface area contributed by atoms with E-state index in [1.54, 1.807) is 0 Å². The van der Waals surface area contributed by atoms with E-state index in [-0.39, 0.29) is 6.10 Å². The molecule has 1 unspecified atom stereocenters. The molecule has 1 N–H and O–H groups in total. The van der Waals surface area contributed by atoms with Crippen LogP contribution in [0.4, 0.5) is 0 Å². The van der Waals surface area contributed by atoms with Crippen LogP contribution in [-0.4, -0.2) is 11.2 Å². The lowest BCUT2D eigenvalue weighted by atomic mass is 9.99. The van der Waals surface area contributed by atoms with Crippen LogP contribution in [0.15, 0.2) is 36.9 Å². The summed E-state index contributed by atoms with van der Waals surface area (Å²) in [5.41, 5.74) is 2.39. The molecule has 0 heterocycles. The number of hydrogen-bond donors (Lipinski definition) is 1. The summed E-state index contributed by atoms with van der Waals surface area (Å²) in [6.07, 6.45) is 6.00. The van der Waals surface area contributed by atoms with Crippen molar-refractivity contribution in [1.29, 1.82) is 0 Å². The Morgan fingerprint density at radius 2 is 1.82 bits per heavy atom. The summed E-state index contributed by atoms with van der Waals surface area (Å²) in [4.78, 5) is 0. The molecule has 0 saturated carbocycles. The van der Waals surface area contributed by atoms with Gasteiger partial charge in [0.15, 0.2) is 0 Å². The van der Waals surface area contributed by atoms with E-state index in [0.29, 0.717) is 0 Å². The third kappa shape index (κ3) is 5.69. The lowest BCUT2D eigenvalue weighted by molar-refractivity contribution is 0.149. The maximum Gasteiger partial charge on any atom is 0.0540 e. The molecule has 0 saturated heterocycles. The zero-order chi connectivity index (χ0) is 12.5. The Bertz CT molecular complexity index is 316. The molecule has 0 spiro atoms. The highest BCUT2D eigenvalue weighted by Crippen LogP contribution is 2.19. The highest BCUT2D eigenvalue weighted by atomic mass is 16.3. The minimum absolute atomic E-state index is 0.126. The first kappa shape index (κ1) is 14.0. The van der Waals surface area contributed by atoms with E-state index in [1.807, 2.05) is 18.2 Å². The predicted octanol–water partition coefficient (Wildman–Crippen LogP) is 4.42. The average molecular weight is 232 g/mol. The van der Waals surface area contributed by atoms with Crippen molar-refractivity contribution in [2.75, 3.05) is 0 Å². The number of rotatable bonds is 8. The number of hydrogen-bond acceptors (Lipinski definition) is 1. The zero-order valence-corrected chi connectivity index (χ0v) is 10.9. The van der Waals surface area contributed by atoms with Crippen molar-refractivity contribution >= 4 is 5.57 Å². The van der Waals surface area contributed by atoms with E-state index in [9.17, 15) is 5.11 Å². The second kappa shape index (κ2) is 8.08. The number of allylic oxidation sites excluding steroid dienone is 1. The monoisotopic (exact) mass is 232 g/mol. The van der Waals surface area contributed by atoms with Gasteiger partial charge in [0.2, 0.25) is 0 Å². The summed E-state index contributed by atoms with van der Waals surface area (Å²) in [7, 11) is 0. The van der Waals surface area contributed by atoms with Gasteiger partial charge in [-0.05, 0) is 36.8 Å². The number of unbranched alkanes of at least 4 members (excludes halogenated alkanes) is 1. The summed E-state index contributed by atoms with van der Waals surface area (Å²) in [5, 5.41) is 9.73. The molecule has 0 fully saturated rings. The molecule has 17 heavy (non-hydrogen) atoms. The van der Waals surface area contributed by atoms with Gasteiger partial charge in [0.05, 0.1) is 6.10 Å². The van der Waals surface area contributed by atoms with Gasteiger partial charge in [-0.15, -0.1) is 0 Å². The van der Waals surface area contributed by atoms with Gasteiger partial charge in [0, 0.05) is 0 Å². The van der Waals surface area contributed by atoms with E-state index in [4.69, 9.17) is 0 Å². The van der Waals surface area contributed by atoms with Crippen LogP contribution in [0.5, 0.6) is 0 Å². The second-order valence-electron chi connectivity index (χ2n) is 4.66. The van der Waals surface area contributed by atoms with Crippen molar-refractivity contribution in [2.45, 2.75) is 51.6 Å². The van der Waals surface area contributed by atoms with E-state index in [0.717, 1.165) is 38.5 Å². The second-order valence-corrected chi connectivity index (χ2v) is 4.66. The Morgan fingerprint density at radius 3 is 2.47 bits per heavy atom. The topological polar surface area (TPSA) is 20.2 Å². The molecular weight excluding hydrogens is 208 g/mol. The van der Waals surface area contributed by atoms with E-state index >= 15 is 0 Å². The van der Waals surface area contributed by atoms with E-state index in [2.05, 4.69) is 25.6 Å². The van der Waals surface area contributed by atoms with Gasteiger partial charge < -0.3 is 5.11 Å². The Balaban J connectivity index is 2.21. The lowest BCUT2D eigenvalue weighted by Crippen LogP contribution is -2.05. The molecule has 1 rings (SSSR count). The molecule has 0 aliphatic carbocycles. The largest absolute Gasteiger partial charge is 0.393 e. The van der Waals surface area contributed by atoms with Gasteiger partial charge in [-0.2, -0.15) is 0 Å². The molecule has 94 valence electrons. The van der Waals surface area contributed by atoms with E-state index in [1.165, 1.54) is 11.1 Å². The van der Waals surface area contributed by atoms with Crippen molar-refractivity contribution in [1.82, 2.24) is 0 Å².